The van der Waals surface area contributed by atoms with Crippen LogP contribution in [0.4, 0.5) is 5.82 Å². The summed E-state index contributed by atoms with van der Waals surface area (Å²) < 4.78 is 6.93. The third kappa shape index (κ3) is 4.00. The molecule has 0 atom stereocenters. The zero-order valence-corrected chi connectivity index (χ0v) is 16.3. The number of nitrogens with zero attached hydrogens (tertiary/aromatic N) is 4. The van der Waals surface area contributed by atoms with Crippen LogP contribution in [-0.2, 0) is 11.2 Å². The summed E-state index contributed by atoms with van der Waals surface area (Å²) >= 11 is 0. The number of ether oxygens (including phenoxy) is 1. The number of anilines is 1. The van der Waals surface area contributed by atoms with Crippen molar-refractivity contribution in [2.45, 2.75) is 44.2 Å². The molecular formula is C20H25N7O2. The molecular weight excluding hydrogens is 370 g/mol. The first kappa shape index (κ1) is 19.1. The van der Waals surface area contributed by atoms with Crippen LogP contribution in [0.15, 0.2) is 30.7 Å². The van der Waals surface area contributed by atoms with Gasteiger partial charge in [-0.05, 0) is 43.4 Å². The highest BCUT2D eigenvalue weighted by Crippen LogP contribution is 2.29. The molecule has 4 rings (SSSR count). The van der Waals surface area contributed by atoms with E-state index in [9.17, 15) is 4.79 Å². The van der Waals surface area contributed by atoms with Gasteiger partial charge in [0.25, 0.3) is 0 Å². The van der Waals surface area contributed by atoms with Gasteiger partial charge in [0.1, 0.15) is 11.8 Å². The monoisotopic (exact) mass is 395 g/mol. The van der Waals surface area contributed by atoms with Crippen molar-refractivity contribution in [3.63, 3.8) is 0 Å². The van der Waals surface area contributed by atoms with Crippen molar-refractivity contribution in [2.75, 3.05) is 12.8 Å². The number of hydrogen-bond acceptors (Lipinski definition) is 7. The molecule has 1 amide bonds. The lowest BCUT2D eigenvalue weighted by Gasteiger charge is -2.26. The van der Waals surface area contributed by atoms with Crippen LogP contribution in [0, 0.1) is 0 Å². The highest BCUT2D eigenvalue weighted by atomic mass is 16.5. The maximum atomic E-state index is 12.7. The Balaban J connectivity index is 1.63. The maximum Gasteiger partial charge on any atom is 0.224 e. The third-order valence-electron chi connectivity index (χ3n) is 5.39. The molecule has 0 aliphatic heterocycles. The van der Waals surface area contributed by atoms with Crippen LogP contribution in [0.1, 0.15) is 31.2 Å². The summed E-state index contributed by atoms with van der Waals surface area (Å²) in [6.07, 6.45) is 6.97. The van der Waals surface area contributed by atoms with Gasteiger partial charge >= 0.3 is 0 Å². The van der Waals surface area contributed by atoms with Gasteiger partial charge in [-0.3, -0.25) is 4.79 Å². The minimum absolute atomic E-state index is 0.0416. The fourth-order valence-corrected chi connectivity index (χ4v) is 3.88. The zero-order chi connectivity index (χ0) is 20.4. The van der Waals surface area contributed by atoms with Crippen LogP contribution in [0.2, 0.25) is 0 Å². The number of nitrogens with two attached hydrogens (primary N) is 2. The zero-order valence-electron chi connectivity index (χ0n) is 16.3. The Bertz CT molecular complexity index is 1020. The van der Waals surface area contributed by atoms with Crippen LogP contribution in [0.3, 0.4) is 0 Å². The number of methoxy groups -OCH3 is 1. The Morgan fingerprint density at radius 1 is 1.28 bits per heavy atom. The van der Waals surface area contributed by atoms with Crippen molar-refractivity contribution in [1.82, 2.24) is 24.9 Å². The van der Waals surface area contributed by atoms with Crippen molar-refractivity contribution in [3.05, 3.63) is 36.3 Å². The van der Waals surface area contributed by atoms with Gasteiger partial charge in [-0.25, -0.2) is 14.5 Å². The number of carbonyl (C=O) groups excluding carboxylic acids is 1. The molecule has 9 nitrogen and oxygen atoms in total. The molecule has 9 heteroatoms. The van der Waals surface area contributed by atoms with E-state index in [4.69, 9.17) is 16.2 Å². The summed E-state index contributed by atoms with van der Waals surface area (Å²) in [6, 6.07) is 6.02. The second kappa shape index (κ2) is 8.04. The lowest BCUT2D eigenvalue weighted by molar-refractivity contribution is -0.121. The van der Waals surface area contributed by atoms with Crippen LogP contribution >= 0.6 is 0 Å². The molecule has 152 valence electrons. The van der Waals surface area contributed by atoms with Crippen LogP contribution in [0.5, 0.6) is 5.88 Å². The summed E-state index contributed by atoms with van der Waals surface area (Å²) in [4.78, 5) is 20.9. The average molecular weight is 395 g/mol. The largest absolute Gasteiger partial charge is 0.481 e. The maximum absolute atomic E-state index is 12.7. The van der Waals surface area contributed by atoms with E-state index < -0.39 is 0 Å². The van der Waals surface area contributed by atoms with Gasteiger partial charge in [0, 0.05) is 29.9 Å². The van der Waals surface area contributed by atoms with E-state index in [2.05, 4.69) is 20.4 Å². The molecule has 0 unspecified atom stereocenters. The summed E-state index contributed by atoms with van der Waals surface area (Å²) in [5.74, 6) is 0.785. The lowest BCUT2D eigenvalue weighted by Crippen LogP contribution is -2.41. The predicted octanol–water partition coefficient (Wildman–Crippen LogP) is 1.31. The molecule has 3 heterocycles. The predicted molar refractivity (Wildman–Crippen MR) is 109 cm³/mol. The summed E-state index contributed by atoms with van der Waals surface area (Å²) in [6.45, 7) is 0. The van der Waals surface area contributed by atoms with E-state index >= 15 is 0 Å². The Kier molecular flexibility index (Phi) is 5.30. The topological polar surface area (TPSA) is 133 Å². The standard InChI is InChI=1S/C20H25N7O2/c1-29-18-10-12(6-7-23-18)16-8-13(19-20(22)24-11-25-27(16)19)9-17(28)26-15-4-2-14(21)3-5-15/h6-8,10-11,14-15H,2-5,9,21H2,1H3,(H,26,28)(H2,22,24,25). The number of aromatic nitrogens is 4. The van der Waals surface area contributed by atoms with Crippen LogP contribution < -0.4 is 21.5 Å². The molecule has 3 aromatic rings. The molecule has 5 N–H and O–H groups in total. The van der Waals surface area contributed by atoms with Crippen molar-refractivity contribution in [2.24, 2.45) is 5.73 Å². The van der Waals surface area contributed by atoms with Gasteiger partial charge in [-0.15, -0.1) is 0 Å². The second-order valence-corrected chi connectivity index (χ2v) is 7.40. The Hall–Kier alpha value is -3.20. The van der Waals surface area contributed by atoms with Gasteiger partial charge in [-0.2, -0.15) is 5.10 Å². The molecule has 1 fully saturated rings. The fourth-order valence-electron chi connectivity index (χ4n) is 3.88. The highest BCUT2D eigenvalue weighted by Gasteiger charge is 2.22. The SMILES string of the molecule is COc1cc(-c2cc(CC(=O)NC3CCC(N)CC3)c3c(N)ncnn23)ccn1. The van der Waals surface area contributed by atoms with Crippen molar-refractivity contribution < 1.29 is 9.53 Å². The average Bonchev–Trinajstić information content (AvgIpc) is 3.09. The van der Waals surface area contributed by atoms with Crippen LogP contribution in [-0.4, -0.2) is 44.7 Å². The molecule has 0 aromatic carbocycles. The smallest absolute Gasteiger partial charge is 0.224 e. The van der Waals surface area contributed by atoms with E-state index in [-0.39, 0.29) is 24.4 Å². The van der Waals surface area contributed by atoms with E-state index in [1.165, 1.54) is 6.33 Å². The summed E-state index contributed by atoms with van der Waals surface area (Å²) in [7, 11) is 1.57. The van der Waals surface area contributed by atoms with E-state index in [1.807, 2.05) is 18.2 Å². The van der Waals surface area contributed by atoms with Crippen molar-refractivity contribution in [1.29, 1.82) is 0 Å². The number of rotatable bonds is 5. The highest BCUT2D eigenvalue weighted by molar-refractivity contribution is 5.86. The third-order valence-corrected chi connectivity index (χ3v) is 5.39. The van der Waals surface area contributed by atoms with Gasteiger partial charge < -0.3 is 21.5 Å². The van der Waals surface area contributed by atoms with Gasteiger partial charge in [0.15, 0.2) is 5.82 Å². The molecule has 0 radical (unpaired) electrons. The quantitative estimate of drug-likeness (QED) is 0.593. The minimum Gasteiger partial charge on any atom is -0.481 e. The Morgan fingerprint density at radius 3 is 2.83 bits per heavy atom. The van der Waals surface area contributed by atoms with E-state index in [0.717, 1.165) is 42.5 Å². The van der Waals surface area contributed by atoms with Crippen molar-refractivity contribution in [3.8, 4) is 17.1 Å². The van der Waals surface area contributed by atoms with Gasteiger partial charge in [-0.1, -0.05) is 0 Å². The summed E-state index contributed by atoms with van der Waals surface area (Å²) in [5.41, 5.74) is 15.1. The minimum atomic E-state index is -0.0416. The first-order chi connectivity index (χ1) is 14.0. The molecule has 1 aliphatic rings. The number of nitrogen functional groups attached to an aromatic ring is 1. The molecule has 1 saturated carbocycles. The number of nitrogens with one attached hydrogen (secondary N) is 1. The molecule has 1 aliphatic carbocycles. The molecule has 29 heavy (non-hydrogen) atoms. The first-order valence-corrected chi connectivity index (χ1v) is 9.71. The van der Waals surface area contributed by atoms with Gasteiger partial charge in [0.2, 0.25) is 11.8 Å². The molecule has 0 spiro atoms. The number of hydrogen-bond donors (Lipinski definition) is 3. The number of carbonyl (C=O) groups is 1. The summed E-state index contributed by atoms with van der Waals surface area (Å²) in [5, 5.41) is 7.47. The Labute approximate surface area is 168 Å². The molecule has 0 saturated heterocycles. The number of fused-ring (bicyclic) bond motifs is 1. The number of amides is 1. The van der Waals surface area contributed by atoms with Gasteiger partial charge in [0.05, 0.1) is 19.2 Å². The fraction of sp³-hybridized carbons (Fsp3) is 0.400. The van der Waals surface area contributed by atoms with E-state index in [1.54, 1.807) is 17.8 Å². The first-order valence-electron chi connectivity index (χ1n) is 9.71. The second-order valence-electron chi connectivity index (χ2n) is 7.40. The molecule has 3 aromatic heterocycles. The Morgan fingerprint density at radius 2 is 2.07 bits per heavy atom. The van der Waals surface area contributed by atoms with E-state index in [0.29, 0.717) is 17.2 Å². The normalized spacial score (nSPS) is 19.2. The van der Waals surface area contributed by atoms with Crippen LogP contribution in [0.25, 0.3) is 16.8 Å². The molecule has 0 bridgehead atoms. The van der Waals surface area contributed by atoms with Crippen molar-refractivity contribution >= 4 is 17.2 Å². The lowest BCUT2D eigenvalue weighted by atomic mass is 9.91. The number of pyridine rings is 1.